The van der Waals surface area contributed by atoms with E-state index in [4.69, 9.17) is 11.6 Å². The fraction of sp³-hybridized carbons (Fsp3) is 0.333. The molecule has 0 amide bonds. The Balaban J connectivity index is 3.11. The van der Waals surface area contributed by atoms with Crippen molar-refractivity contribution in [3.8, 4) is 0 Å². The SMILES string of the molecule is CNCC(O)c1c(F)ccc(Br)c1Cl. The van der Waals surface area contributed by atoms with Crippen molar-refractivity contribution in [2.75, 3.05) is 13.6 Å². The second-order valence-corrected chi connectivity index (χ2v) is 4.06. The highest BCUT2D eigenvalue weighted by molar-refractivity contribution is 9.10. The van der Waals surface area contributed by atoms with E-state index in [1.165, 1.54) is 12.1 Å². The summed E-state index contributed by atoms with van der Waals surface area (Å²) in [6.07, 6.45) is -0.940. The van der Waals surface area contributed by atoms with Crippen molar-refractivity contribution < 1.29 is 9.50 Å². The van der Waals surface area contributed by atoms with Crippen LogP contribution in [0.2, 0.25) is 5.02 Å². The Morgan fingerprint density at radius 2 is 2.29 bits per heavy atom. The van der Waals surface area contributed by atoms with Gasteiger partial charge in [-0.1, -0.05) is 11.6 Å². The van der Waals surface area contributed by atoms with Crippen LogP contribution in [-0.4, -0.2) is 18.7 Å². The molecule has 1 rings (SSSR count). The average molecular weight is 283 g/mol. The van der Waals surface area contributed by atoms with Gasteiger partial charge in [-0.25, -0.2) is 4.39 Å². The molecule has 1 aromatic carbocycles. The third-order valence-corrected chi connectivity index (χ3v) is 3.11. The lowest BCUT2D eigenvalue weighted by molar-refractivity contribution is 0.173. The van der Waals surface area contributed by atoms with Crippen LogP contribution in [0.5, 0.6) is 0 Å². The largest absolute Gasteiger partial charge is 0.387 e. The van der Waals surface area contributed by atoms with Gasteiger partial charge in [-0.05, 0) is 35.1 Å². The number of aliphatic hydroxyl groups excluding tert-OH is 1. The number of benzene rings is 1. The van der Waals surface area contributed by atoms with Crippen molar-refractivity contribution >= 4 is 27.5 Å². The molecule has 0 heterocycles. The number of aliphatic hydroxyl groups is 1. The number of likely N-dealkylation sites (N-methyl/N-ethyl adjacent to an activating group) is 1. The summed E-state index contributed by atoms with van der Waals surface area (Å²) in [6.45, 7) is 0.257. The summed E-state index contributed by atoms with van der Waals surface area (Å²) >= 11 is 9.02. The molecular formula is C9H10BrClFNO. The standard InChI is InChI=1S/C9H10BrClFNO/c1-13-4-7(14)8-6(12)3-2-5(10)9(8)11/h2-3,7,13-14H,4H2,1H3. The number of halogens is 3. The number of hydrogen-bond acceptors (Lipinski definition) is 2. The second-order valence-electron chi connectivity index (χ2n) is 2.83. The van der Waals surface area contributed by atoms with E-state index < -0.39 is 11.9 Å². The minimum absolute atomic E-state index is 0.121. The van der Waals surface area contributed by atoms with Gasteiger partial charge < -0.3 is 10.4 Å². The minimum Gasteiger partial charge on any atom is -0.387 e. The van der Waals surface area contributed by atoms with Gasteiger partial charge >= 0.3 is 0 Å². The monoisotopic (exact) mass is 281 g/mol. The number of hydrogen-bond donors (Lipinski definition) is 2. The Morgan fingerprint density at radius 1 is 1.64 bits per heavy atom. The molecule has 2 N–H and O–H groups in total. The first-order valence-electron chi connectivity index (χ1n) is 4.04. The number of nitrogens with one attached hydrogen (secondary N) is 1. The first-order chi connectivity index (χ1) is 6.57. The molecular weight excluding hydrogens is 272 g/mol. The Hall–Kier alpha value is -0.160. The molecule has 1 aromatic rings. The van der Waals surface area contributed by atoms with E-state index in [1.807, 2.05) is 0 Å². The summed E-state index contributed by atoms with van der Waals surface area (Å²) in [5.41, 5.74) is 0.121. The summed E-state index contributed by atoms with van der Waals surface area (Å²) < 4.78 is 13.9. The maximum absolute atomic E-state index is 13.3. The molecule has 2 nitrogen and oxygen atoms in total. The van der Waals surface area contributed by atoms with Crippen molar-refractivity contribution in [1.82, 2.24) is 5.32 Å². The summed E-state index contributed by atoms with van der Waals surface area (Å²) in [5, 5.41) is 12.6. The van der Waals surface area contributed by atoms with Crippen molar-refractivity contribution in [3.05, 3.63) is 33.0 Å². The van der Waals surface area contributed by atoms with E-state index in [0.29, 0.717) is 4.47 Å². The first kappa shape index (κ1) is 11.9. The summed E-state index contributed by atoms with van der Waals surface area (Å²) in [5.74, 6) is -0.499. The molecule has 0 bridgehead atoms. The van der Waals surface area contributed by atoms with Crippen molar-refractivity contribution in [2.24, 2.45) is 0 Å². The second kappa shape index (κ2) is 5.07. The lowest BCUT2D eigenvalue weighted by Gasteiger charge is -2.13. The van der Waals surface area contributed by atoms with Gasteiger partial charge in [-0.15, -0.1) is 0 Å². The predicted octanol–water partition coefficient (Wildman–Crippen LogP) is 2.49. The van der Waals surface area contributed by atoms with Gasteiger partial charge in [0.2, 0.25) is 0 Å². The quantitative estimate of drug-likeness (QED) is 0.835. The third-order valence-electron chi connectivity index (χ3n) is 1.81. The molecule has 78 valence electrons. The van der Waals surface area contributed by atoms with Crippen LogP contribution in [0.1, 0.15) is 11.7 Å². The molecule has 0 saturated heterocycles. The highest BCUT2D eigenvalue weighted by Gasteiger charge is 2.17. The Morgan fingerprint density at radius 3 is 2.86 bits per heavy atom. The van der Waals surface area contributed by atoms with Crippen LogP contribution in [0.3, 0.4) is 0 Å². The molecule has 0 fully saturated rings. The molecule has 0 spiro atoms. The predicted molar refractivity (Wildman–Crippen MR) is 58.0 cm³/mol. The minimum atomic E-state index is -0.940. The van der Waals surface area contributed by atoms with Gasteiger partial charge in [0.05, 0.1) is 11.1 Å². The van der Waals surface area contributed by atoms with E-state index in [1.54, 1.807) is 7.05 Å². The Bertz CT molecular complexity index is 335. The summed E-state index contributed by atoms with van der Waals surface area (Å²) in [7, 11) is 1.67. The van der Waals surface area contributed by atoms with Gasteiger partial charge in [0.1, 0.15) is 5.82 Å². The third kappa shape index (κ3) is 2.45. The molecule has 1 unspecified atom stereocenters. The molecule has 1 atom stereocenters. The zero-order valence-corrected chi connectivity index (χ0v) is 9.86. The fourth-order valence-corrected chi connectivity index (χ4v) is 1.77. The van der Waals surface area contributed by atoms with Crippen LogP contribution in [0.4, 0.5) is 4.39 Å². The van der Waals surface area contributed by atoms with Gasteiger partial charge in [0.25, 0.3) is 0 Å². The fourth-order valence-electron chi connectivity index (χ4n) is 1.14. The molecule has 0 aliphatic heterocycles. The topological polar surface area (TPSA) is 32.3 Å². The Labute approximate surface area is 95.2 Å². The zero-order valence-electron chi connectivity index (χ0n) is 7.52. The van der Waals surface area contributed by atoms with Gasteiger partial charge in [0, 0.05) is 16.6 Å². The van der Waals surface area contributed by atoms with Crippen molar-refractivity contribution in [3.63, 3.8) is 0 Å². The molecule has 14 heavy (non-hydrogen) atoms. The summed E-state index contributed by atoms with van der Waals surface area (Å²) in [6, 6.07) is 2.78. The Kier molecular flexibility index (Phi) is 4.31. The number of rotatable bonds is 3. The molecule has 0 aliphatic carbocycles. The maximum atomic E-state index is 13.3. The van der Waals surface area contributed by atoms with Crippen LogP contribution >= 0.6 is 27.5 Å². The highest BCUT2D eigenvalue weighted by Crippen LogP contribution is 2.32. The van der Waals surface area contributed by atoms with E-state index in [9.17, 15) is 9.50 Å². The molecule has 5 heteroatoms. The average Bonchev–Trinajstić information content (AvgIpc) is 2.13. The van der Waals surface area contributed by atoms with E-state index in [0.717, 1.165) is 0 Å². The van der Waals surface area contributed by atoms with E-state index in [-0.39, 0.29) is 17.1 Å². The first-order valence-corrected chi connectivity index (χ1v) is 5.21. The van der Waals surface area contributed by atoms with E-state index >= 15 is 0 Å². The van der Waals surface area contributed by atoms with Gasteiger partial charge in [0.15, 0.2) is 0 Å². The van der Waals surface area contributed by atoms with Crippen LogP contribution in [0, 0.1) is 5.82 Å². The maximum Gasteiger partial charge on any atom is 0.130 e. The summed E-state index contributed by atoms with van der Waals surface area (Å²) in [4.78, 5) is 0. The lowest BCUT2D eigenvalue weighted by Crippen LogP contribution is -2.18. The van der Waals surface area contributed by atoms with Crippen molar-refractivity contribution in [2.45, 2.75) is 6.10 Å². The van der Waals surface area contributed by atoms with Crippen LogP contribution < -0.4 is 5.32 Å². The zero-order chi connectivity index (χ0) is 10.7. The van der Waals surface area contributed by atoms with Crippen LogP contribution in [0.25, 0.3) is 0 Å². The van der Waals surface area contributed by atoms with Gasteiger partial charge in [-0.2, -0.15) is 0 Å². The molecule has 0 saturated carbocycles. The van der Waals surface area contributed by atoms with Crippen molar-refractivity contribution in [1.29, 1.82) is 0 Å². The normalized spacial score (nSPS) is 12.9. The smallest absolute Gasteiger partial charge is 0.130 e. The van der Waals surface area contributed by atoms with Crippen LogP contribution in [0.15, 0.2) is 16.6 Å². The highest BCUT2D eigenvalue weighted by atomic mass is 79.9. The van der Waals surface area contributed by atoms with Crippen LogP contribution in [-0.2, 0) is 0 Å². The lowest BCUT2D eigenvalue weighted by atomic mass is 10.1. The molecule has 0 radical (unpaired) electrons. The van der Waals surface area contributed by atoms with Gasteiger partial charge in [-0.3, -0.25) is 0 Å². The molecule has 0 aliphatic rings. The van der Waals surface area contributed by atoms with E-state index in [2.05, 4.69) is 21.2 Å². The molecule has 0 aromatic heterocycles.